The van der Waals surface area contributed by atoms with Crippen LogP contribution in [0, 0.1) is 11.8 Å². The first-order chi connectivity index (χ1) is 18.3. The lowest BCUT2D eigenvalue weighted by molar-refractivity contribution is -0.133. The summed E-state index contributed by atoms with van der Waals surface area (Å²) in [5.41, 5.74) is 3.77. The van der Waals surface area contributed by atoms with Crippen molar-refractivity contribution in [2.75, 3.05) is 51.2 Å². The zero-order chi connectivity index (χ0) is 27.5. The van der Waals surface area contributed by atoms with Crippen LogP contribution in [0.25, 0.3) is 0 Å². The standard InChI is InChI=1S/C27H33N5O6/c1-19(34)25(27(37)30-38)29-26(36)22-8-4-20(5-9-22)2-3-21-6-10-23(11-7-21)28-24(35)18-32-14-12-31(13-15-32)16-17-33/h4-11,19,25,33-34,38H,12-18H2,1H3,(H,28,35)(H,29,36)(H,30,37). The van der Waals surface area contributed by atoms with E-state index in [0.717, 1.165) is 31.7 Å². The monoisotopic (exact) mass is 523 g/mol. The van der Waals surface area contributed by atoms with E-state index in [9.17, 15) is 19.5 Å². The average Bonchev–Trinajstić information content (AvgIpc) is 2.92. The third-order valence-corrected chi connectivity index (χ3v) is 6.08. The zero-order valence-corrected chi connectivity index (χ0v) is 21.2. The fourth-order valence-electron chi connectivity index (χ4n) is 3.90. The fraction of sp³-hybridized carbons (Fsp3) is 0.370. The van der Waals surface area contributed by atoms with Gasteiger partial charge in [0, 0.05) is 55.1 Å². The molecule has 2 unspecified atom stereocenters. The van der Waals surface area contributed by atoms with Crippen LogP contribution in [0.15, 0.2) is 48.5 Å². The third-order valence-electron chi connectivity index (χ3n) is 6.08. The van der Waals surface area contributed by atoms with E-state index in [1.165, 1.54) is 12.4 Å². The molecular weight excluding hydrogens is 490 g/mol. The number of carbonyl (C=O) groups is 3. The predicted molar refractivity (Wildman–Crippen MR) is 140 cm³/mol. The Morgan fingerprint density at radius 3 is 2.00 bits per heavy atom. The average molecular weight is 524 g/mol. The molecule has 1 aliphatic heterocycles. The lowest BCUT2D eigenvalue weighted by Crippen LogP contribution is -2.51. The molecule has 0 radical (unpaired) electrons. The molecule has 1 aliphatic rings. The number of anilines is 1. The van der Waals surface area contributed by atoms with Crippen LogP contribution in [-0.4, -0.2) is 101 Å². The van der Waals surface area contributed by atoms with Gasteiger partial charge < -0.3 is 20.8 Å². The van der Waals surface area contributed by atoms with E-state index in [0.29, 0.717) is 24.3 Å². The lowest BCUT2D eigenvalue weighted by Gasteiger charge is -2.33. The first kappa shape index (κ1) is 28.8. The van der Waals surface area contributed by atoms with Crippen LogP contribution in [0.3, 0.4) is 0 Å². The molecule has 0 saturated carbocycles. The summed E-state index contributed by atoms with van der Waals surface area (Å²) in [5.74, 6) is 4.45. The van der Waals surface area contributed by atoms with Gasteiger partial charge in [0.25, 0.3) is 11.8 Å². The topological polar surface area (TPSA) is 154 Å². The highest BCUT2D eigenvalue weighted by Crippen LogP contribution is 2.10. The number of rotatable bonds is 9. The quantitative estimate of drug-likeness (QED) is 0.148. The third kappa shape index (κ3) is 8.65. The molecule has 2 aromatic carbocycles. The maximum atomic E-state index is 12.4. The molecule has 0 aliphatic carbocycles. The second-order valence-electron chi connectivity index (χ2n) is 8.96. The number of aliphatic hydroxyl groups is 2. The van der Waals surface area contributed by atoms with Crippen LogP contribution < -0.4 is 16.1 Å². The molecule has 3 amide bonds. The van der Waals surface area contributed by atoms with Gasteiger partial charge in [-0.2, -0.15) is 0 Å². The van der Waals surface area contributed by atoms with Crippen LogP contribution in [0.2, 0.25) is 0 Å². The van der Waals surface area contributed by atoms with Crippen molar-refractivity contribution < 1.29 is 29.8 Å². The largest absolute Gasteiger partial charge is 0.395 e. The predicted octanol–water partition coefficient (Wildman–Crippen LogP) is -0.381. The summed E-state index contributed by atoms with van der Waals surface area (Å²) in [6.07, 6.45) is -1.20. The number of benzene rings is 2. The summed E-state index contributed by atoms with van der Waals surface area (Å²) in [6, 6.07) is 12.3. The van der Waals surface area contributed by atoms with Gasteiger partial charge >= 0.3 is 0 Å². The second-order valence-corrected chi connectivity index (χ2v) is 8.96. The van der Waals surface area contributed by atoms with Crippen molar-refractivity contribution in [2.24, 2.45) is 0 Å². The van der Waals surface area contributed by atoms with Crippen molar-refractivity contribution in [2.45, 2.75) is 19.1 Å². The molecule has 0 bridgehead atoms. The Labute approximate surface area is 221 Å². The van der Waals surface area contributed by atoms with Crippen LogP contribution in [0.1, 0.15) is 28.4 Å². The number of hydroxylamine groups is 1. The molecule has 1 heterocycles. The highest BCUT2D eigenvalue weighted by atomic mass is 16.5. The molecule has 202 valence electrons. The number of β-amino-alcohol motifs (C(OH)–C–C–N with tert-alkyl or cyclic N) is 1. The van der Waals surface area contributed by atoms with Crippen molar-refractivity contribution in [3.8, 4) is 11.8 Å². The number of hydrogen-bond acceptors (Lipinski definition) is 8. The fourth-order valence-corrected chi connectivity index (χ4v) is 3.90. The van der Waals surface area contributed by atoms with Crippen LogP contribution in [0.5, 0.6) is 0 Å². The summed E-state index contributed by atoms with van der Waals surface area (Å²) in [4.78, 5) is 40.6. The van der Waals surface area contributed by atoms with Gasteiger partial charge in [-0.15, -0.1) is 0 Å². The molecule has 2 aromatic rings. The minimum Gasteiger partial charge on any atom is -0.395 e. The van der Waals surface area contributed by atoms with Gasteiger partial charge in [-0.3, -0.25) is 29.4 Å². The Hall–Kier alpha value is -3.79. The maximum Gasteiger partial charge on any atom is 0.268 e. The Morgan fingerprint density at radius 1 is 0.921 bits per heavy atom. The van der Waals surface area contributed by atoms with Gasteiger partial charge in [0.2, 0.25) is 5.91 Å². The maximum absolute atomic E-state index is 12.4. The number of carbonyl (C=O) groups excluding carboxylic acids is 3. The molecule has 11 heteroatoms. The molecule has 6 N–H and O–H groups in total. The smallest absolute Gasteiger partial charge is 0.268 e. The van der Waals surface area contributed by atoms with Gasteiger partial charge in [-0.25, -0.2) is 5.48 Å². The summed E-state index contributed by atoms with van der Waals surface area (Å²) in [5, 5.41) is 32.7. The lowest BCUT2D eigenvalue weighted by atomic mass is 10.1. The molecule has 2 atom stereocenters. The normalized spacial score (nSPS) is 15.5. The molecule has 11 nitrogen and oxygen atoms in total. The van der Waals surface area contributed by atoms with Crippen LogP contribution in [-0.2, 0) is 9.59 Å². The number of aliphatic hydroxyl groups excluding tert-OH is 2. The molecule has 0 spiro atoms. The Bertz CT molecular complexity index is 1150. The summed E-state index contributed by atoms with van der Waals surface area (Å²) >= 11 is 0. The van der Waals surface area contributed by atoms with E-state index in [1.807, 2.05) is 0 Å². The van der Waals surface area contributed by atoms with Crippen molar-refractivity contribution in [1.29, 1.82) is 0 Å². The first-order valence-electron chi connectivity index (χ1n) is 12.3. The van der Waals surface area contributed by atoms with Crippen LogP contribution in [0.4, 0.5) is 5.69 Å². The van der Waals surface area contributed by atoms with Crippen molar-refractivity contribution in [3.05, 3.63) is 65.2 Å². The number of hydrogen-bond donors (Lipinski definition) is 6. The highest BCUT2D eigenvalue weighted by Gasteiger charge is 2.25. The molecule has 38 heavy (non-hydrogen) atoms. The number of nitrogens with one attached hydrogen (secondary N) is 3. The van der Waals surface area contributed by atoms with E-state index in [4.69, 9.17) is 10.3 Å². The first-order valence-corrected chi connectivity index (χ1v) is 12.3. The van der Waals surface area contributed by atoms with E-state index in [-0.39, 0.29) is 18.1 Å². The van der Waals surface area contributed by atoms with E-state index >= 15 is 0 Å². The number of nitrogens with zero attached hydrogens (tertiary/aromatic N) is 2. The summed E-state index contributed by atoms with van der Waals surface area (Å²) in [7, 11) is 0. The van der Waals surface area contributed by atoms with Gasteiger partial charge in [0.1, 0.15) is 6.04 Å². The number of amides is 3. The Kier molecular flexibility index (Phi) is 10.8. The molecule has 1 fully saturated rings. The highest BCUT2D eigenvalue weighted by molar-refractivity contribution is 5.97. The summed E-state index contributed by atoms with van der Waals surface area (Å²) < 4.78 is 0. The van der Waals surface area contributed by atoms with Gasteiger partial charge in [0.15, 0.2) is 0 Å². The van der Waals surface area contributed by atoms with Crippen molar-refractivity contribution >= 4 is 23.4 Å². The molecule has 0 aromatic heterocycles. The Balaban J connectivity index is 1.50. The minimum atomic E-state index is -1.30. The minimum absolute atomic E-state index is 0.0830. The zero-order valence-electron chi connectivity index (χ0n) is 21.2. The second kappa shape index (κ2) is 14.2. The van der Waals surface area contributed by atoms with Crippen molar-refractivity contribution in [3.63, 3.8) is 0 Å². The van der Waals surface area contributed by atoms with E-state index < -0.39 is 24.0 Å². The number of piperazine rings is 1. The molecule has 3 rings (SSSR count). The van der Waals surface area contributed by atoms with E-state index in [2.05, 4.69) is 32.3 Å². The van der Waals surface area contributed by atoms with Gasteiger partial charge in [-0.05, 0) is 55.5 Å². The van der Waals surface area contributed by atoms with Gasteiger partial charge in [-0.1, -0.05) is 11.8 Å². The Morgan fingerprint density at radius 2 is 1.47 bits per heavy atom. The van der Waals surface area contributed by atoms with Gasteiger partial charge in [0.05, 0.1) is 19.3 Å². The molecular formula is C27H33N5O6. The van der Waals surface area contributed by atoms with Crippen molar-refractivity contribution in [1.82, 2.24) is 20.6 Å². The summed E-state index contributed by atoms with van der Waals surface area (Å²) in [6.45, 7) is 5.70. The van der Waals surface area contributed by atoms with E-state index in [1.54, 1.807) is 48.5 Å². The van der Waals surface area contributed by atoms with Crippen LogP contribution >= 0.6 is 0 Å². The molecule has 1 saturated heterocycles. The SMILES string of the molecule is CC(O)C(NC(=O)c1ccc(C#Cc2ccc(NC(=O)CN3CCN(CCO)CC3)cc2)cc1)C(=O)NO.